The molecule has 2 aromatic rings. The van der Waals surface area contributed by atoms with Crippen LogP contribution in [0.3, 0.4) is 0 Å². The summed E-state index contributed by atoms with van der Waals surface area (Å²) in [4.78, 5) is 12.1. The van der Waals surface area contributed by atoms with Crippen LogP contribution in [-0.2, 0) is 11.2 Å². The van der Waals surface area contributed by atoms with Crippen LogP contribution >= 0.6 is 15.9 Å². The zero-order valence-corrected chi connectivity index (χ0v) is 12.1. The summed E-state index contributed by atoms with van der Waals surface area (Å²) in [6, 6.07) is 13.0. The quantitative estimate of drug-likeness (QED) is 0.936. The Morgan fingerprint density at radius 3 is 2.90 bits per heavy atom. The smallest absolute Gasteiger partial charge is 0.231 e. The minimum atomic E-state index is -0.0907. The van der Waals surface area contributed by atoms with Crippen molar-refractivity contribution >= 4 is 27.5 Å². The average molecular weight is 334 g/mol. The molecule has 102 valence electrons. The number of fused-ring (bicyclic) bond motifs is 1. The maximum absolute atomic E-state index is 12.1. The number of rotatable bonds is 3. The van der Waals surface area contributed by atoms with Gasteiger partial charge < -0.3 is 14.8 Å². The number of anilines is 1. The number of nitrogens with one attached hydrogen (secondary N) is 1. The van der Waals surface area contributed by atoms with E-state index in [2.05, 4.69) is 21.2 Å². The predicted molar refractivity (Wildman–Crippen MR) is 79.0 cm³/mol. The van der Waals surface area contributed by atoms with Crippen molar-refractivity contribution < 1.29 is 14.3 Å². The zero-order chi connectivity index (χ0) is 13.9. The first-order valence-corrected chi connectivity index (χ1v) is 6.94. The van der Waals surface area contributed by atoms with Crippen molar-refractivity contribution in [3.05, 3.63) is 52.5 Å². The van der Waals surface area contributed by atoms with Crippen LogP contribution in [0, 0.1) is 0 Å². The van der Waals surface area contributed by atoms with Crippen molar-refractivity contribution in [2.75, 3.05) is 12.1 Å². The van der Waals surface area contributed by atoms with E-state index in [0.717, 1.165) is 15.7 Å². The van der Waals surface area contributed by atoms with Gasteiger partial charge in [-0.1, -0.05) is 34.1 Å². The molecular formula is C15H12BrNO3. The highest BCUT2D eigenvalue weighted by Crippen LogP contribution is 2.35. The number of benzene rings is 2. The maximum atomic E-state index is 12.1. The van der Waals surface area contributed by atoms with E-state index in [1.54, 1.807) is 0 Å². The topological polar surface area (TPSA) is 47.6 Å². The van der Waals surface area contributed by atoms with Crippen molar-refractivity contribution in [2.45, 2.75) is 6.42 Å². The highest BCUT2D eigenvalue weighted by atomic mass is 79.9. The van der Waals surface area contributed by atoms with Crippen molar-refractivity contribution in [2.24, 2.45) is 0 Å². The number of hydrogen-bond donors (Lipinski definition) is 1. The number of carbonyl (C=O) groups is 1. The number of carbonyl (C=O) groups excluding carboxylic acids is 1. The van der Waals surface area contributed by atoms with Gasteiger partial charge in [0.25, 0.3) is 0 Å². The minimum Gasteiger partial charge on any atom is -0.454 e. The number of hydrogen-bond acceptors (Lipinski definition) is 3. The summed E-state index contributed by atoms with van der Waals surface area (Å²) in [7, 11) is 0. The molecule has 0 unspecified atom stereocenters. The summed E-state index contributed by atoms with van der Waals surface area (Å²) in [5.41, 5.74) is 1.58. The van der Waals surface area contributed by atoms with Crippen LogP contribution in [0.1, 0.15) is 5.56 Å². The largest absolute Gasteiger partial charge is 0.454 e. The van der Waals surface area contributed by atoms with Crippen molar-refractivity contribution in [1.82, 2.24) is 0 Å². The second-order valence-electron chi connectivity index (χ2n) is 4.39. The molecule has 0 fully saturated rings. The highest BCUT2D eigenvalue weighted by Gasteiger charge is 2.18. The Hall–Kier alpha value is -2.01. The Bertz CT molecular complexity index is 657. The van der Waals surface area contributed by atoms with E-state index in [-0.39, 0.29) is 19.1 Å². The van der Waals surface area contributed by atoms with Crippen LogP contribution in [-0.4, -0.2) is 12.7 Å². The SMILES string of the molecule is O=C(Cc1cccc2c1OCO2)Nc1cccc(Br)c1. The third kappa shape index (κ3) is 2.77. The number of ether oxygens (including phenoxy) is 2. The second-order valence-corrected chi connectivity index (χ2v) is 5.30. The van der Waals surface area contributed by atoms with Crippen molar-refractivity contribution in [3.63, 3.8) is 0 Å². The van der Waals surface area contributed by atoms with E-state index in [9.17, 15) is 4.79 Å². The molecule has 2 aromatic carbocycles. The van der Waals surface area contributed by atoms with Gasteiger partial charge in [0.05, 0.1) is 6.42 Å². The molecule has 1 heterocycles. The summed E-state index contributed by atoms with van der Waals surface area (Å²) in [6.07, 6.45) is 0.249. The number of amides is 1. The third-order valence-corrected chi connectivity index (χ3v) is 3.43. The van der Waals surface area contributed by atoms with Gasteiger partial charge in [0, 0.05) is 15.7 Å². The number of halogens is 1. The molecule has 3 rings (SSSR count). The van der Waals surface area contributed by atoms with Crippen molar-refractivity contribution in [1.29, 1.82) is 0 Å². The fourth-order valence-electron chi connectivity index (χ4n) is 2.07. The molecule has 1 aliphatic rings. The molecular weight excluding hydrogens is 322 g/mol. The fourth-order valence-corrected chi connectivity index (χ4v) is 2.47. The number of para-hydroxylation sites is 1. The van der Waals surface area contributed by atoms with Crippen LogP contribution in [0.2, 0.25) is 0 Å². The third-order valence-electron chi connectivity index (χ3n) is 2.94. The van der Waals surface area contributed by atoms with E-state index >= 15 is 0 Å². The van der Waals surface area contributed by atoms with Crippen LogP contribution in [0.5, 0.6) is 11.5 Å². The minimum absolute atomic E-state index is 0.0907. The first-order chi connectivity index (χ1) is 9.72. The maximum Gasteiger partial charge on any atom is 0.231 e. The summed E-state index contributed by atoms with van der Waals surface area (Å²) in [5.74, 6) is 1.27. The van der Waals surface area contributed by atoms with Gasteiger partial charge in [-0.2, -0.15) is 0 Å². The summed E-state index contributed by atoms with van der Waals surface area (Å²) in [6.45, 7) is 0.208. The molecule has 0 bridgehead atoms. The standard InChI is InChI=1S/C15H12BrNO3/c16-11-4-2-5-12(8-11)17-14(18)7-10-3-1-6-13-15(10)20-9-19-13/h1-6,8H,7,9H2,(H,17,18). The lowest BCUT2D eigenvalue weighted by molar-refractivity contribution is -0.115. The Morgan fingerprint density at radius 2 is 2.05 bits per heavy atom. The van der Waals surface area contributed by atoms with E-state index in [1.807, 2.05) is 42.5 Å². The monoisotopic (exact) mass is 333 g/mol. The van der Waals surface area contributed by atoms with E-state index in [1.165, 1.54) is 0 Å². The molecule has 20 heavy (non-hydrogen) atoms. The van der Waals surface area contributed by atoms with Gasteiger partial charge in [-0.15, -0.1) is 0 Å². The molecule has 1 N–H and O–H groups in total. The molecule has 1 aliphatic heterocycles. The lowest BCUT2D eigenvalue weighted by Gasteiger charge is -2.07. The van der Waals surface area contributed by atoms with Crippen LogP contribution < -0.4 is 14.8 Å². The Balaban J connectivity index is 1.72. The average Bonchev–Trinajstić information content (AvgIpc) is 2.88. The molecule has 0 spiro atoms. The first kappa shape index (κ1) is 13.0. The molecule has 0 radical (unpaired) electrons. The lowest BCUT2D eigenvalue weighted by Crippen LogP contribution is -2.14. The second kappa shape index (κ2) is 5.54. The molecule has 4 nitrogen and oxygen atoms in total. The Morgan fingerprint density at radius 1 is 1.20 bits per heavy atom. The van der Waals surface area contributed by atoms with Gasteiger partial charge in [0.2, 0.25) is 12.7 Å². The molecule has 0 aromatic heterocycles. The highest BCUT2D eigenvalue weighted by molar-refractivity contribution is 9.10. The molecule has 0 aliphatic carbocycles. The molecule has 0 saturated heterocycles. The lowest BCUT2D eigenvalue weighted by atomic mass is 10.1. The molecule has 0 saturated carbocycles. The Labute approximate surface area is 124 Å². The Kier molecular flexibility index (Phi) is 3.60. The summed E-state index contributed by atoms with van der Waals surface area (Å²) >= 11 is 3.37. The van der Waals surface area contributed by atoms with E-state index in [4.69, 9.17) is 9.47 Å². The first-order valence-electron chi connectivity index (χ1n) is 6.15. The van der Waals surface area contributed by atoms with E-state index in [0.29, 0.717) is 11.5 Å². The van der Waals surface area contributed by atoms with Crippen LogP contribution in [0.15, 0.2) is 46.9 Å². The summed E-state index contributed by atoms with van der Waals surface area (Å²) < 4.78 is 11.6. The normalized spacial score (nSPS) is 12.2. The van der Waals surface area contributed by atoms with Crippen LogP contribution in [0.4, 0.5) is 5.69 Å². The molecule has 5 heteroatoms. The van der Waals surface area contributed by atoms with Crippen LogP contribution in [0.25, 0.3) is 0 Å². The van der Waals surface area contributed by atoms with Gasteiger partial charge in [0.1, 0.15) is 0 Å². The van der Waals surface area contributed by atoms with Gasteiger partial charge in [0.15, 0.2) is 11.5 Å². The predicted octanol–water partition coefficient (Wildman–Crippen LogP) is 3.36. The van der Waals surface area contributed by atoms with Crippen molar-refractivity contribution in [3.8, 4) is 11.5 Å². The molecule has 1 amide bonds. The van der Waals surface area contributed by atoms with E-state index < -0.39 is 0 Å². The zero-order valence-electron chi connectivity index (χ0n) is 10.6. The van der Waals surface area contributed by atoms with Gasteiger partial charge in [-0.05, 0) is 24.3 Å². The van der Waals surface area contributed by atoms with Gasteiger partial charge >= 0.3 is 0 Å². The van der Waals surface area contributed by atoms with Gasteiger partial charge in [-0.3, -0.25) is 4.79 Å². The fraction of sp³-hybridized carbons (Fsp3) is 0.133. The van der Waals surface area contributed by atoms with Gasteiger partial charge in [-0.25, -0.2) is 0 Å². The summed E-state index contributed by atoms with van der Waals surface area (Å²) in [5, 5.41) is 2.86. The molecule has 0 atom stereocenters.